The van der Waals surface area contributed by atoms with Crippen molar-refractivity contribution in [1.82, 2.24) is 5.43 Å². The Kier molecular flexibility index (Phi) is 5.93. The Morgan fingerprint density at radius 2 is 2.26 bits per heavy atom. The molecule has 0 aliphatic carbocycles. The number of hydrazone groups is 1. The van der Waals surface area contributed by atoms with E-state index < -0.39 is 0 Å². The SMILES string of the molecule is C/C=C(\C/C(F)=C(/C)CC)C1=NNC(=O)CCC1C. The van der Waals surface area contributed by atoms with Crippen LogP contribution < -0.4 is 5.43 Å². The second kappa shape index (κ2) is 7.22. The lowest BCUT2D eigenvalue weighted by molar-refractivity contribution is -0.121. The Labute approximate surface area is 114 Å². The van der Waals surface area contributed by atoms with Crippen LogP contribution in [0.4, 0.5) is 4.39 Å². The van der Waals surface area contributed by atoms with Gasteiger partial charge in [0.1, 0.15) is 5.83 Å². The van der Waals surface area contributed by atoms with E-state index in [-0.39, 0.29) is 24.1 Å². The van der Waals surface area contributed by atoms with Crippen molar-refractivity contribution in [2.45, 2.75) is 53.4 Å². The number of hydrogen-bond acceptors (Lipinski definition) is 2. The smallest absolute Gasteiger partial charge is 0.240 e. The minimum Gasteiger partial charge on any atom is -0.273 e. The summed E-state index contributed by atoms with van der Waals surface area (Å²) >= 11 is 0. The molecular weight excluding hydrogens is 243 g/mol. The van der Waals surface area contributed by atoms with E-state index in [1.807, 2.05) is 33.8 Å². The largest absolute Gasteiger partial charge is 0.273 e. The van der Waals surface area contributed by atoms with Crippen molar-refractivity contribution in [1.29, 1.82) is 0 Å². The lowest BCUT2D eigenvalue weighted by Crippen LogP contribution is -2.17. The van der Waals surface area contributed by atoms with Gasteiger partial charge in [0.05, 0.1) is 5.71 Å². The molecule has 106 valence electrons. The first-order valence-electron chi connectivity index (χ1n) is 6.85. The Morgan fingerprint density at radius 3 is 2.84 bits per heavy atom. The summed E-state index contributed by atoms with van der Waals surface area (Å²) in [4.78, 5) is 11.3. The van der Waals surface area contributed by atoms with Crippen molar-refractivity contribution in [3.8, 4) is 0 Å². The van der Waals surface area contributed by atoms with Gasteiger partial charge in [0.25, 0.3) is 0 Å². The third-order valence-corrected chi connectivity index (χ3v) is 3.59. The fourth-order valence-electron chi connectivity index (χ4n) is 2.01. The number of amides is 1. The minimum absolute atomic E-state index is 0.0712. The van der Waals surface area contributed by atoms with E-state index in [1.165, 1.54) is 0 Å². The Hall–Kier alpha value is -1.45. The molecule has 1 rings (SSSR count). The number of allylic oxidation sites excluding steroid dienone is 4. The van der Waals surface area contributed by atoms with E-state index >= 15 is 0 Å². The standard InChI is InChI=1S/C15H23FN2O/c1-5-10(3)13(16)9-12(6-2)15-11(4)7-8-14(19)17-18-15/h6,11H,5,7-9H2,1-4H3,(H,17,19)/b12-6+,13-10+. The minimum atomic E-state index is -0.0962. The summed E-state index contributed by atoms with van der Waals surface area (Å²) in [7, 11) is 0. The first-order valence-corrected chi connectivity index (χ1v) is 6.85. The van der Waals surface area contributed by atoms with Crippen LogP contribution in [0.3, 0.4) is 0 Å². The molecule has 1 N–H and O–H groups in total. The maximum absolute atomic E-state index is 14.0. The Morgan fingerprint density at radius 1 is 1.58 bits per heavy atom. The molecular formula is C15H23FN2O. The second-order valence-corrected chi connectivity index (χ2v) is 5.00. The van der Waals surface area contributed by atoms with Crippen LogP contribution in [0.25, 0.3) is 0 Å². The highest BCUT2D eigenvalue weighted by Crippen LogP contribution is 2.24. The van der Waals surface area contributed by atoms with Crippen LogP contribution in [-0.2, 0) is 4.79 Å². The molecule has 1 aliphatic heterocycles. The lowest BCUT2D eigenvalue weighted by atomic mass is 9.91. The third-order valence-electron chi connectivity index (χ3n) is 3.59. The van der Waals surface area contributed by atoms with Gasteiger partial charge in [0.15, 0.2) is 0 Å². The number of halogens is 1. The predicted octanol–water partition coefficient (Wildman–Crippen LogP) is 3.88. The number of rotatable bonds is 4. The first-order chi connectivity index (χ1) is 8.99. The molecule has 1 aliphatic rings. The van der Waals surface area contributed by atoms with Crippen molar-refractivity contribution in [2.75, 3.05) is 0 Å². The zero-order chi connectivity index (χ0) is 14.4. The van der Waals surface area contributed by atoms with Gasteiger partial charge >= 0.3 is 0 Å². The van der Waals surface area contributed by atoms with Gasteiger partial charge in [0.2, 0.25) is 5.91 Å². The third kappa shape index (κ3) is 4.30. The molecule has 0 aromatic carbocycles. The van der Waals surface area contributed by atoms with Gasteiger partial charge in [-0.2, -0.15) is 5.10 Å². The molecule has 0 spiro atoms. The van der Waals surface area contributed by atoms with Gasteiger partial charge in [-0.25, -0.2) is 9.82 Å². The van der Waals surface area contributed by atoms with Crippen LogP contribution in [0.1, 0.15) is 53.4 Å². The number of nitrogens with zero attached hydrogens (tertiary/aromatic N) is 1. The zero-order valence-corrected chi connectivity index (χ0v) is 12.2. The average molecular weight is 266 g/mol. The summed E-state index contributed by atoms with van der Waals surface area (Å²) in [6, 6.07) is 0. The molecule has 1 heterocycles. The molecule has 1 amide bonds. The van der Waals surface area contributed by atoms with Gasteiger partial charge in [-0.05, 0) is 37.8 Å². The summed E-state index contributed by atoms with van der Waals surface area (Å²) < 4.78 is 14.0. The maximum atomic E-state index is 14.0. The van der Waals surface area contributed by atoms with Crippen LogP contribution in [-0.4, -0.2) is 11.6 Å². The Bertz CT molecular complexity index is 435. The number of nitrogens with one attached hydrogen (secondary N) is 1. The number of carbonyl (C=O) groups is 1. The average Bonchev–Trinajstić information content (AvgIpc) is 2.57. The van der Waals surface area contributed by atoms with Crippen molar-refractivity contribution < 1.29 is 9.18 Å². The van der Waals surface area contributed by atoms with Gasteiger partial charge in [-0.15, -0.1) is 0 Å². The fourth-order valence-corrected chi connectivity index (χ4v) is 2.01. The van der Waals surface area contributed by atoms with Crippen LogP contribution in [0.2, 0.25) is 0 Å². The summed E-state index contributed by atoms with van der Waals surface area (Å²) in [6.07, 6.45) is 4.07. The van der Waals surface area contributed by atoms with E-state index in [0.717, 1.165) is 23.3 Å². The van der Waals surface area contributed by atoms with E-state index in [2.05, 4.69) is 10.5 Å². The Balaban J connectivity index is 2.94. The summed E-state index contributed by atoms with van der Waals surface area (Å²) in [5, 5.41) is 4.15. The van der Waals surface area contributed by atoms with Crippen molar-refractivity contribution in [2.24, 2.45) is 11.0 Å². The highest BCUT2D eigenvalue weighted by molar-refractivity contribution is 6.03. The quantitative estimate of drug-likeness (QED) is 0.824. The molecule has 0 saturated carbocycles. The van der Waals surface area contributed by atoms with Gasteiger partial charge in [-0.3, -0.25) is 4.79 Å². The van der Waals surface area contributed by atoms with E-state index in [9.17, 15) is 9.18 Å². The summed E-state index contributed by atoms with van der Waals surface area (Å²) in [6.45, 7) is 7.65. The topological polar surface area (TPSA) is 41.5 Å². The molecule has 4 heteroatoms. The van der Waals surface area contributed by atoms with Crippen LogP contribution in [0, 0.1) is 5.92 Å². The molecule has 0 bridgehead atoms. The van der Waals surface area contributed by atoms with Crippen LogP contribution >= 0.6 is 0 Å². The summed E-state index contributed by atoms with van der Waals surface area (Å²) in [5.74, 6) is -0.000915. The molecule has 0 aromatic heterocycles. The second-order valence-electron chi connectivity index (χ2n) is 5.00. The first kappa shape index (κ1) is 15.6. The normalized spacial score (nSPS) is 22.4. The molecule has 1 unspecified atom stereocenters. The molecule has 0 aromatic rings. The van der Waals surface area contributed by atoms with Crippen molar-refractivity contribution in [3.05, 3.63) is 23.0 Å². The van der Waals surface area contributed by atoms with Crippen molar-refractivity contribution >= 4 is 11.6 Å². The lowest BCUT2D eigenvalue weighted by Gasteiger charge is -2.15. The van der Waals surface area contributed by atoms with Crippen LogP contribution in [0.15, 0.2) is 28.2 Å². The van der Waals surface area contributed by atoms with E-state index in [1.54, 1.807) is 0 Å². The molecule has 3 nitrogen and oxygen atoms in total. The fraction of sp³-hybridized carbons (Fsp3) is 0.600. The van der Waals surface area contributed by atoms with Gasteiger partial charge < -0.3 is 0 Å². The van der Waals surface area contributed by atoms with Crippen molar-refractivity contribution in [3.63, 3.8) is 0 Å². The van der Waals surface area contributed by atoms with Gasteiger partial charge in [-0.1, -0.05) is 19.9 Å². The molecule has 0 saturated heterocycles. The molecule has 1 atom stereocenters. The van der Waals surface area contributed by atoms with Crippen LogP contribution in [0.5, 0.6) is 0 Å². The molecule has 0 radical (unpaired) electrons. The highest BCUT2D eigenvalue weighted by Gasteiger charge is 2.21. The number of hydrogen-bond donors (Lipinski definition) is 1. The van der Waals surface area contributed by atoms with E-state index in [0.29, 0.717) is 12.8 Å². The highest BCUT2D eigenvalue weighted by atomic mass is 19.1. The summed E-state index contributed by atoms with van der Waals surface area (Å²) in [5.41, 5.74) is 4.95. The van der Waals surface area contributed by atoms with Gasteiger partial charge in [0, 0.05) is 18.8 Å². The molecule has 0 fully saturated rings. The maximum Gasteiger partial charge on any atom is 0.240 e. The number of carbonyl (C=O) groups excluding carboxylic acids is 1. The zero-order valence-electron chi connectivity index (χ0n) is 12.2. The monoisotopic (exact) mass is 266 g/mol. The molecule has 19 heavy (non-hydrogen) atoms. The predicted molar refractivity (Wildman–Crippen MR) is 76.4 cm³/mol. The van der Waals surface area contributed by atoms with E-state index in [4.69, 9.17) is 0 Å².